The second kappa shape index (κ2) is 4.58. The molecule has 2 aromatic rings. The van der Waals surface area contributed by atoms with Crippen molar-refractivity contribution >= 4 is 0 Å². The summed E-state index contributed by atoms with van der Waals surface area (Å²) in [5.74, 6) is 1.19. The zero-order valence-electron chi connectivity index (χ0n) is 10.8. The number of fused-ring (bicyclic) bond motifs is 1. The van der Waals surface area contributed by atoms with E-state index in [2.05, 4.69) is 42.0 Å². The van der Waals surface area contributed by atoms with Gasteiger partial charge in [0.1, 0.15) is 5.82 Å². The third-order valence-corrected chi connectivity index (χ3v) is 3.55. The molecular weight excluding hydrogens is 222 g/mol. The van der Waals surface area contributed by atoms with Crippen LogP contribution in [0.1, 0.15) is 29.1 Å². The smallest absolute Gasteiger partial charge is 0.109 e. The summed E-state index contributed by atoms with van der Waals surface area (Å²) < 4.78 is 2.22. The Morgan fingerprint density at radius 3 is 3.17 bits per heavy atom. The summed E-state index contributed by atoms with van der Waals surface area (Å²) in [6.45, 7) is 3.04. The van der Waals surface area contributed by atoms with Crippen molar-refractivity contribution in [1.82, 2.24) is 9.55 Å². The highest BCUT2D eigenvalue weighted by Gasteiger charge is 2.17. The fraction of sp³-hybridized carbons (Fsp3) is 0.400. The van der Waals surface area contributed by atoms with Gasteiger partial charge in [0.2, 0.25) is 0 Å². The van der Waals surface area contributed by atoms with Crippen LogP contribution in [0.4, 0.5) is 0 Å². The van der Waals surface area contributed by atoms with E-state index >= 15 is 0 Å². The number of aromatic nitrogens is 2. The van der Waals surface area contributed by atoms with Crippen LogP contribution >= 0.6 is 0 Å². The first-order chi connectivity index (χ1) is 8.70. The molecular formula is C15H19N3. The van der Waals surface area contributed by atoms with Crippen LogP contribution in [0.3, 0.4) is 0 Å². The maximum absolute atomic E-state index is 5.98. The third kappa shape index (κ3) is 2.31. The Kier molecular flexibility index (Phi) is 2.92. The minimum atomic E-state index is 0.290. The molecule has 0 fully saturated rings. The lowest BCUT2D eigenvalue weighted by atomic mass is 10.1. The quantitative estimate of drug-likeness (QED) is 0.874. The number of benzene rings is 1. The van der Waals surface area contributed by atoms with Crippen LogP contribution in [-0.2, 0) is 19.4 Å². The van der Waals surface area contributed by atoms with Gasteiger partial charge in [-0.2, -0.15) is 0 Å². The minimum absolute atomic E-state index is 0.290. The summed E-state index contributed by atoms with van der Waals surface area (Å²) in [6, 6.07) is 8.91. The van der Waals surface area contributed by atoms with Gasteiger partial charge in [-0.05, 0) is 18.9 Å². The molecule has 1 aliphatic rings. The lowest BCUT2D eigenvalue weighted by molar-refractivity contribution is 0.453. The first-order valence-corrected chi connectivity index (χ1v) is 6.57. The molecule has 3 rings (SSSR count). The molecule has 2 heterocycles. The van der Waals surface area contributed by atoms with Crippen LogP contribution in [0.15, 0.2) is 30.5 Å². The monoisotopic (exact) mass is 241 g/mol. The molecule has 1 aliphatic heterocycles. The Labute approximate surface area is 108 Å². The van der Waals surface area contributed by atoms with Gasteiger partial charge < -0.3 is 10.3 Å². The molecule has 0 bridgehead atoms. The van der Waals surface area contributed by atoms with Crippen molar-refractivity contribution in [2.45, 2.75) is 38.8 Å². The van der Waals surface area contributed by atoms with Gasteiger partial charge in [-0.25, -0.2) is 4.98 Å². The average Bonchev–Trinajstić information content (AvgIpc) is 2.70. The third-order valence-electron chi connectivity index (χ3n) is 3.55. The van der Waals surface area contributed by atoms with E-state index in [1.807, 2.05) is 0 Å². The average molecular weight is 241 g/mol. The predicted molar refractivity (Wildman–Crippen MR) is 72.5 cm³/mol. The van der Waals surface area contributed by atoms with E-state index < -0.39 is 0 Å². The van der Waals surface area contributed by atoms with E-state index in [9.17, 15) is 0 Å². The predicted octanol–water partition coefficient (Wildman–Crippen LogP) is 2.06. The van der Waals surface area contributed by atoms with Crippen LogP contribution in [-0.4, -0.2) is 15.6 Å². The summed E-state index contributed by atoms with van der Waals surface area (Å²) in [5.41, 5.74) is 9.77. The minimum Gasteiger partial charge on any atom is -0.333 e. The highest BCUT2D eigenvalue weighted by Crippen LogP contribution is 2.16. The van der Waals surface area contributed by atoms with E-state index in [1.165, 1.54) is 17.0 Å². The molecule has 0 spiro atoms. The normalized spacial score (nSPS) is 18.7. The standard InChI is InChI=1S/C15H19N3/c1-11-3-2-4-12(7-11)8-14-10-18-9-13(16)5-6-15(18)17-14/h2-4,7,10,13H,5-6,8-9,16H2,1H3. The van der Waals surface area contributed by atoms with Crippen LogP contribution in [0, 0.1) is 6.92 Å². The number of aryl methyl sites for hydroxylation is 2. The summed E-state index contributed by atoms with van der Waals surface area (Å²) in [4.78, 5) is 4.72. The van der Waals surface area contributed by atoms with E-state index in [1.54, 1.807) is 0 Å². The topological polar surface area (TPSA) is 43.8 Å². The van der Waals surface area contributed by atoms with Crippen molar-refractivity contribution in [3.05, 3.63) is 53.1 Å². The maximum atomic E-state index is 5.98. The van der Waals surface area contributed by atoms with Crippen LogP contribution < -0.4 is 5.73 Å². The van der Waals surface area contributed by atoms with Gasteiger partial charge in [0, 0.05) is 31.6 Å². The van der Waals surface area contributed by atoms with Gasteiger partial charge in [0.25, 0.3) is 0 Å². The molecule has 3 nitrogen and oxygen atoms in total. The molecule has 0 aliphatic carbocycles. The number of nitrogens with two attached hydrogens (primary N) is 1. The van der Waals surface area contributed by atoms with Crippen molar-refractivity contribution in [2.75, 3.05) is 0 Å². The molecule has 3 heteroatoms. The lowest BCUT2D eigenvalue weighted by Gasteiger charge is -2.19. The highest BCUT2D eigenvalue weighted by atomic mass is 15.1. The van der Waals surface area contributed by atoms with Crippen LogP contribution in [0.2, 0.25) is 0 Å². The largest absolute Gasteiger partial charge is 0.333 e. The van der Waals surface area contributed by atoms with Gasteiger partial charge in [-0.3, -0.25) is 0 Å². The molecule has 0 saturated carbocycles. The van der Waals surface area contributed by atoms with E-state index in [0.717, 1.165) is 31.5 Å². The summed E-state index contributed by atoms with van der Waals surface area (Å²) >= 11 is 0. The van der Waals surface area contributed by atoms with Gasteiger partial charge >= 0.3 is 0 Å². The summed E-state index contributed by atoms with van der Waals surface area (Å²) in [6.07, 6.45) is 5.14. The Hall–Kier alpha value is -1.61. The molecule has 1 aromatic carbocycles. The zero-order valence-corrected chi connectivity index (χ0v) is 10.8. The summed E-state index contributed by atoms with van der Waals surface area (Å²) in [7, 11) is 0. The molecule has 1 atom stereocenters. The van der Waals surface area contributed by atoms with Crippen molar-refractivity contribution in [3.63, 3.8) is 0 Å². The zero-order chi connectivity index (χ0) is 12.5. The van der Waals surface area contributed by atoms with Gasteiger partial charge in [-0.15, -0.1) is 0 Å². The fourth-order valence-electron chi connectivity index (χ4n) is 2.65. The van der Waals surface area contributed by atoms with Crippen molar-refractivity contribution in [1.29, 1.82) is 0 Å². The number of hydrogen-bond donors (Lipinski definition) is 1. The molecule has 0 saturated heterocycles. The second-order valence-electron chi connectivity index (χ2n) is 5.27. The molecule has 94 valence electrons. The van der Waals surface area contributed by atoms with Gasteiger partial charge in [-0.1, -0.05) is 29.8 Å². The van der Waals surface area contributed by atoms with Crippen molar-refractivity contribution in [2.24, 2.45) is 5.73 Å². The Morgan fingerprint density at radius 2 is 2.33 bits per heavy atom. The molecule has 18 heavy (non-hydrogen) atoms. The number of hydrogen-bond acceptors (Lipinski definition) is 2. The fourth-order valence-corrected chi connectivity index (χ4v) is 2.65. The van der Waals surface area contributed by atoms with Crippen molar-refractivity contribution in [3.8, 4) is 0 Å². The number of rotatable bonds is 2. The Morgan fingerprint density at radius 1 is 1.44 bits per heavy atom. The van der Waals surface area contributed by atoms with E-state index in [4.69, 9.17) is 10.7 Å². The van der Waals surface area contributed by atoms with E-state index in [0.29, 0.717) is 6.04 Å². The number of imidazole rings is 1. The Bertz CT molecular complexity index is 557. The molecule has 0 amide bonds. The molecule has 1 unspecified atom stereocenters. The van der Waals surface area contributed by atoms with Gasteiger partial charge in [0.15, 0.2) is 0 Å². The molecule has 2 N–H and O–H groups in total. The SMILES string of the molecule is Cc1cccc(Cc2cn3c(n2)CCC(N)C3)c1. The lowest BCUT2D eigenvalue weighted by Crippen LogP contribution is -2.31. The maximum Gasteiger partial charge on any atom is 0.109 e. The van der Waals surface area contributed by atoms with E-state index in [-0.39, 0.29) is 0 Å². The molecule has 0 radical (unpaired) electrons. The first kappa shape index (κ1) is 11.5. The van der Waals surface area contributed by atoms with Crippen LogP contribution in [0.25, 0.3) is 0 Å². The Balaban J connectivity index is 1.82. The first-order valence-electron chi connectivity index (χ1n) is 6.57. The van der Waals surface area contributed by atoms with Crippen molar-refractivity contribution < 1.29 is 0 Å². The second-order valence-corrected chi connectivity index (χ2v) is 5.27. The van der Waals surface area contributed by atoms with Gasteiger partial charge in [0.05, 0.1) is 5.69 Å². The summed E-state index contributed by atoms with van der Waals surface area (Å²) in [5, 5.41) is 0. The highest BCUT2D eigenvalue weighted by molar-refractivity contribution is 5.26. The molecule has 1 aromatic heterocycles. The number of nitrogens with zero attached hydrogens (tertiary/aromatic N) is 2. The van der Waals surface area contributed by atoms with Crippen LogP contribution in [0.5, 0.6) is 0 Å².